The van der Waals surface area contributed by atoms with Crippen molar-refractivity contribution in [1.82, 2.24) is 5.32 Å². The van der Waals surface area contributed by atoms with Gasteiger partial charge in [0.25, 0.3) is 5.91 Å². The van der Waals surface area contributed by atoms with E-state index in [1.807, 2.05) is 41.8 Å². The van der Waals surface area contributed by atoms with E-state index < -0.39 is 6.09 Å². The van der Waals surface area contributed by atoms with Gasteiger partial charge in [-0.3, -0.25) is 10.1 Å². The van der Waals surface area contributed by atoms with Crippen molar-refractivity contribution in [2.24, 2.45) is 0 Å². The molecule has 0 bridgehead atoms. The van der Waals surface area contributed by atoms with E-state index in [2.05, 4.69) is 20.7 Å². The minimum absolute atomic E-state index is 0.0673. The number of nitrogens with one attached hydrogen (secondary N) is 3. The third-order valence-electron chi connectivity index (χ3n) is 3.78. The van der Waals surface area contributed by atoms with Gasteiger partial charge in [0.15, 0.2) is 5.11 Å². The Morgan fingerprint density at radius 2 is 1.61 bits per heavy atom. The highest BCUT2D eigenvalue weighted by Crippen LogP contribution is 2.40. The van der Waals surface area contributed by atoms with Crippen molar-refractivity contribution in [2.75, 3.05) is 17.7 Å². The van der Waals surface area contributed by atoms with Crippen molar-refractivity contribution in [1.29, 1.82) is 0 Å². The Morgan fingerprint density at radius 1 is 0.964 bits per heavy atom. The van der Waals surface area contributed by atoms with Gasteiger partial charge in [-0.2, -0.15) is 0 Å². The third-order valence-corrected chi connectivity index (χ3v) is 4.88. The van der Waals surface area contributed by atoms with Crippen molar-refractivity contribution in [3.63, 3.8) is 0 Å². The molecule has 0 atom stereocenters. The van der Waals surface area contributed by atoms with Crippen LogP contribution in [0.15, 0.2) is 66.0 Å². The fraction of sp³-hybridized carbons (Fsp3) is 0.0500. The van der Waals surface area contributed by atoms with Gasteiger partial charge >= 0.3 is 6.09 Å². The highest BCUT2D eigenvalue weighted by Gasteiger charge is 2.18. The fourth-order valence-electron chi connectivity index (χ4n) is 2.46. The number of ether oxygens (including phenoxy) is 1. The number of carbonyl (C=O) groups is 2. The Balaban J connectivity index is 1.91. The van der Waals surface area contributed by atoms with Gasteiger partial charge in [-0.05, 0) is 29.9 Å². The van der Waals surface area contributed by atoms with E-state index in [4.69, 9.17) is 12.2 Å². The highest BCUT2D eigenvalue weighted by atomic mass is 32.1. The molecule has 142 valence electrons. The first-order valence-corrected chi connectivity index (χ1v) is 9.56. The van der Waals surface area contributed by atoms with Gasteiger partial charge < -0.3 is 15.4 Å². The molecule has 2 aromatic carbocycles. The number of thiophene rings is 1. The van der Waals surface area contributed by atoms with Crippen LogP contribution in [0.3, 0.4) is 0 Å². The normalized spacial score (nSPS) is 10.0. The summed E-state index contributed by atoms with van der Waals surface area (Å²) in [6, 6.07) is 18.6. The average molecular weight is 412 g/mol. The molecule has 0 unspecified atom stereocenters. The molecule has 0 saturated heterocycles. The molecule has 0 aliphatic rings. The van der Waals surface area contributed by atoms with E-state index in [1.165, 1.54) is 18.4 Å². The van der Waals surface area contributed by atoms with Crippen LogP contribution in [0.1, 0.15) is 10.4 Å². The van der Waals surface area contributed by atoms with Gasteiger partial charge in [0.05, 0.1) is 12.8 Å². The van der Waals surface area contributed by atoms with E-state index in [0.29, 0.717) is 16.3 Å². The quantitative estimate of drug-likeness (QED) is 0.542. The predicted molar refractivity (Wildman–Crippen MR) is 116 cm³/mol. The second kappa shape index (κ2) is 9.12. The zero-order chi connectivity index (χ0) is 19.9. The SMILES string of the molecule is COC(=O)NC(=S)Nc1c(-c2ccccc2)csc1NC(=O)c1ccccc1. The van der Waals surface area contributed by atoms with E-state index in [1.54, 1.807) is 24.3 Å². The lowest BCUT2D eigenvalue weighted by Gasteiger charge is -2.13. The van der Waals surface area contributed by atoms with Gasteiger partial charge in [-0.15, -0.1) is 11.3 Å². The van der Waals surface area contributed by atoms with Crippen LogP contribution in [-0.4, -0.2) is 24.2 Å². The Kier molecular flexibility index (Phi) is 6.36. The number of thiocarbonyl (C=S) groups is 1. The van der Waals surface area contributed by atoms with Crippen LogP contribution in [0.4, 0.5) is 15.5 Å². The number of hydrogen-bond acceptors (Lipinski definition) is 5. The van der Waals surface area contributed by atoms with Gasteiger partial charge in [0.2, 0.25) is 0 Å². The smallest absolute Gasteiger partial charge is 0.413 e. The molecular weight excluding hydrogens is 394 g/mol. The van der Waals surface area contributed by atoms with E-state index in [9.17, 15) is 9.59 Å². The lowest BCUT2D eigenvalue weighted by atomic mass is 10.1. The summed E-state index contributed by atoms with van der Waals surface area (Å²) in [6.45, 7) is 0. The minimum Gasteiger partial charge on any atom is -0.453 e. The summed E-state index contributed by atoms with van der Waals surface area (Å²) in [5.74, 6) is -0.239. The van der Waals surface area contributed by atoms with Gasteiger partial charge in [0.1, 0.15) is 5.00 Å². The number of benzene rings is 2. The summed E-state index contributed by atoms with van der Waals surface area (Å²) in [6.07, 6.45) is -0.677. The van der Waals surface area contributed by atoms with Crippen molar-refractivity contribution in [3.05, 3.63) is 71.6 Å². The third kappa shape index (κ3) is 4.73. The standard InChI is InChI=1S/C20H17N3O3S2/c1-26-20(25)23-19(27)21-16-15(13-8-4-2-5-9-13)12-28-18(16)22-17(24)14-10-6-3-7-11-14/h2-12H,1H3,(H,22,24)(H2,21,23,25,27). The average Bonchev–Trinajstić information content (AvgIpc) is 3.11. The first kappa shape index (κ1) is 19.5. The van der Waals surface area contributed by atoms with Crippen molar-refractivity contribution >= 4 is 51.4 Å². The fourth-order valence-corrected chi connectivity index (χ4v) is 3.56. The van der Waals surface area contributed by atoms with Crippen LogP contribution in [0.2, 0.25) is 0 Å². The van der Waals surface area contributed by atoms with Crippen molar-refractivity contribution in [3.8, 4) is 11.1 Å². The topological polar surface area (TPSA) is 79.5 Å². The number of anilines is 2. The molecule has 3 rings (SSSR count). The van der Waals surface area contributed by atoms with Crippen molar-refractivity contribution < 1.29 is 14.3 Å². The summed E-state index contributed by atoms with van der Waals surface area (Å²) in [4.78, 5) is 24.0. The monoisotopic (exact) mass is 411 g/mol. The first-order valence-electron chi connectivity index (χ1n) is 8.27. The maximum absolute atomic E-state index is 12.6. The number of rotatable bonds is 4. The molecule has 3 aromatic rings. The molecule has 0 aliphatic carbocycles. The lowest BCUT2D eigenvalue weighted by Crippen LogP contribution is -2.34. The van der Waals surface area contributed by atoms with E-state index >= 15 is 0 Å². The number of amides is 2. The number of carbonyl (C=O) groups excluding carboxylic acids is 2. The van der Waals surface area contributed by atoms with Crippen LogP contribution >= 0.6 is 23.6 Å². The molecule has 28 heavy (non-hydrogen) atoms. The predicted octanol–water partition coefficient (Wildman–Crippen LogP) is 4.72. The summed E-state index contributed by atoms with van der Waals surface area (Å²) < 4.78 is 4.56. The van der Waals surface area contributed by atoms with E-state index in [0.717, 1.165) is 11.1 Å². The molecule has 2 amide bonds. The molecule has 0 fully saturated rings. The largest absolute Gasteiger partial charge is 0.453 e. The van der Waals surface area contributed by atoms with Crippen LogP contribution < -0.4 is 16.0 Å². The Morgan fingerprint density at radius 3 is 2.25 bits per heavy atom. The Bertz CT molecular complexity index is 988. The van der Waals surface area contributed by atoms with Crippen molar-refractivity contribution in [2.45, 2.75) is 0 Å². The van der Waals surface area contributed by atoms with Crippen LogP contribution in [0, 0.1) is 0 Å². The van der Waals surface area contributed by atoms with E-state index in [-0.39, 0.29) is 11.0 Å². The minimum atomic E-state index is -0.677. The summed E-state index contributed by atoms with van der Waals surface area (Å²) in [7, 11) is 1.25. The molecule has 8 heteroatoms. The molecule has 6 nitrogen and oxygen atoms in total. The van der Waals surface area contributed by atoms with Crippen LogP contribution in [0.25, 0.3) is 11.1 Å². The van der Waals surface area contributed by atoms with Crippen LogP contribution in [-0.2, 0) is 4.74 Å². The zero-order valence-corrected chi connectivity index (χ0v) is 16.5. The molecule has 0 saturated carbocycles. The summed E-state index contributed by atoms with van der Waals surface area (Å²) in [5, 5.41) is 10.9. The molecule has 3 N–H and O–H groups in total. The maximum Gasteiger partial charge on any atom is 0.413 e. The molecule has 1 heterocycles. The Hall–Kier alpha value is -3.23. The number of alkyl carbamates (subject to hydrolysis) is 1. The second-order valence-corrected chi connectivity index (χ2v) is 6.90. The molecular formula is C20H17N3O3S2. The summed E-state index contributed by atoms with van der Waals surface area (Å²) >= 11 is 6.55. The van der Waals surface area contributed by atoms with Gasteiger partial charge in [-0.25, -0.2) is 4.79 Å². The maximum atomic E-state index is 12.6. The first-order chi connectivity index (χ1) is 13.6. The Labute approximate surface area is 171 Å². The molecule has 1 aromatic heterocycles. The molecule has 0 spiro atoms. The second-order valence-electron chi connectivity index (χ2n) is 5.61. The lowest BCUT2D eigenvalue weighted by molar-refractivity contribution is 0.102. The number of hydrogen-bond donors (Lipinski definition) is 3. The van der Waals surface area contributed by atoms with Gasteiger partial charge in [0, 0.05) is 16.5 Å². The van der Waals surface area contributed by atoms with Gasteiger partial charge in [-0.1, -0.05) is 48.5 Å². The van der Waals surface area contributed by atoms with Crippen LogP contribution in [0.5, 0.6) is 0 Å². The summed E-state index contributed by atoms with van der Waals surface area (Å²) in [5.41, 5.74) is 2.94. The highest BCUT2D eigenvalue weighted by molar-refractivity contribution is 7.80. The molecule has 0 radical (unpaired) electrons. The molecule has 0 aliphatic heterocycles. The zero-order valence-electron chi connectivity index (χ0n) is 14.9. The number of methoxy groups -OCH3 is 1.